The molecule has 0 heterocycles. The van der Waals surface area contributed by atoms with Gasteiger partial charge in [-0.3, -0.25) is 4.90 Å². The molecule has 0 spiro atoms. The first-order chi connectivity index (χ1) is 6.36. The molecule has 1 aliphatic rings. The largest absolute Gasteiger partial charge is 0.389 e. The van der Waals surface area contributed by atoms with Gasteiger partial charge >= 0.3 is 0 Å². The summed E-state index contributed by atoms with van der Waals surface area (Å²) in [6.07, 6.45) is 3.25. The summed E-state index contributed by atoms with van der Waals surface area (Å²) in [7, 11) is 0. The minimum absolute atomic E-state index is 0.350. The summed E-state index contributed by atoms with van der Waals surface area (Å²) in [5.74, 6) is 0. The molecule has 0 aromatic rings. The van der Waals surface area contributed by atoms with Crippen LogP contribution in [-0.2, 0) is 0 Å². The van der Waals surface area contributed by atoms with Crippen molar-refractivity contribution in [1.82, 2.24) is 4.90 Å². The summed E-state index contributed by atoms with van der Waals surface area (Å²) < 4.78 is 0. The lowest BCUT2D eigenvalue weighted by Gasteiger charge is -2.41. The first kappa shape index (κ1) is 12.0. The van der Waals surface area contributed by atoms with Gasteiger partial charge in [0.1, 0.15) is 0 Å². The molecule has 0 aromatic heterocycles. The molecule has 0 bridgehead atoms. The number of hydrogen-bond acceptors (Lipinski definition) is 2. The Labute approximate surface area is 88.3 Å². The molecule has 1 aliphatic carbocycles. The highest BCUT2D eigenvalue weighted by atomic mass is 16.3. The third kappa shape index (κ3) is 2.29. The smallest absolute Gasteiger partial charge is 0.0774 e. The predicted octanol–water partition coefficient (Wildman–Crippen LogP) is 2.41. The fourth-order valence-electron chi connectivity index (χ4n) is 2.92. The molecular weight excluding hydrogens is 174 g/mol. The molecule has 2 nitrogen and oxygen atoms in total. The quantitative estimate of drug-likeness (QED) is 0.754. The predicted molar refractivity (Wildman–Crippen MR) is 60.4 cm³/mol. The van der Waals surface area contributed by atoms with E-state index in [1.54, 1.807) is 0 Å². The minimum Gasteiger partial charge on any atom is -0.389 e. The molecule has 2 atom stereocenters. The van der Waals surface area contributed by atoms with Crippen molar-refractivity contribution in [1.29, 1.82) is 0 Å². The van der Waals surface area contributed by atoms with Crippen LogP contribution in [0.4, 0.5) is 0 Å². The highest BCUT2D eigenvalue weighted by Gasteiger charge is 2.41. The van der Waals surface area contributed by atoms with Crippen LogP contribution in [0.25, 0.3) is 0 Å². The lowest BCUT2D eigenvalue weighted by molar-refractivity contribution is -0.0367. The third-order valence-corrected chi connectivity index (χ3v) is 3.43. The van der Waals surface area contributed by atoms with E-state index in [1.807, 2.05) is 6.92 Å². The van der Waals surface area contributed by atoms with Gasteiger partial charge in [-0.25, -0.2) is 0 Å². The van der Waals surface area contributed by atoms with Crippen LogP contribution in [-0.4, -0.2) is 33.7 Å². The lowest BCUT2D eigenvalue weighted by Crippen LogP contribution is -2.53. The van der Waals surface area contributed by atoms with Crippen LogP contribution < -0.4 is 0 Å². The minimum atomic E-state index is -0.478. The van der Waals surface area contributed by atoms with Crippen molar-refractivity contribution in [2.45, 2.75) is 77.6 Å². The van der Waals surface area contributed by atoms with Gasteiger partial charge < -0.3 is 5.11 Å². The molecular formula is C12H25NO. The zero-order valence-corrected chi connectivity index (χ0v) is 10.2. The molecule has 0 amide bonds. The highest BCUT2D eigenvalue weighted by Crippen LogP contribution is 2.35. The monoisotopic (exact) mass is 199 g/mol. The van der Waals surface area contributed by atoms with Gasteiger partial charge in [-0.05, 0) is 53.9 Å². The maximum Gasteiger partial charge on any atom is 0.0774 e. The normalized spacial score (nSPS) is 33.6. The summed E-state index contributed by atoms with van der Waals surface area (Å²) in [4.78, 5) is 2.45. The van der Waals surface area contributed by atoms with E-state index < -0.39 is 5.60 Å². The molecule has 1 saturated carbocycles. The Bertz CT molecular complexity index is 179. The summed E-state index contributed by atoms with van der Waals surface area (Å²) in [5.41, 5.74) is -0.478. The van der Waals surface area contributed by atoms with Crippen molar-refractivity contribution in [2.24, 2.45) is 0 Å². The van der Waals surface area contributed by atoms with Crippen LogP contribution in [0.3, 0.4) is 0 Å². The Kier molecular flexibility index (Phi) is 3.59. The number of rotatable bonds is 3. The van der Waals surface area contributed by atoms with Crippen LogP contribution in [0.5, 0.6) is 0 Å². The van der Waals surface area contributed by atoms with Crippen molar-refractivity contribution in [3.05, 3.63) is 0 Å². The summed E-state index contributed by atoms with van der Waals surface area (Å²) in [6.45, 7) is 10.9. The van der Waals surface area contributed by atoms with Crippen LogP contribution >= 0.6 is 0 Å². The fourth-order valence-corrected chi connectivity index (χ4v) is 2.92. The van der Waals surface area contributed by atoms with E-state index >= 15 is 0 Å². The summed E-state index contributed by atoms with van der Waals surface area (Å²) in [5, 5.41) is 10.3. The van der Waals surface area contributed by atoms with Gasteiger partial charge in [-0.1, -0.05) is 0 Å². The Balaban J connectivity index is 2.78. The molecule has 84 valence electrons. The fraction of sp³-hybridized carbons (Fsp3) is 1.00. The van der Waals surface area contributed by atoms with Gasteiger partial charge in [-0.2, -0.15) is 0 Å². The van der Waals surface area contributed by atoms with Crippen LogP contribution in [0.2, 0.25) is 0 Å². The standard InChI is InChI=1S/C12H25NO/c1-9(2)13(10(3)4)11-7-6-8-12(11,5)14/h9-11,14H,6-8H2,1-5H3/t11-,12-/m1/s1. The Morgan fingerprint density at radius 3 is 2.00 bits per heavy atom. The van der Waals surface area contributed by atoms with Gasteiger partial charge in [0, 0.05) is 18.1 Å². The van der Waals surface area contributed by atoms with Gasteiger partial charge in [0.05, 0.1) is 5.60 Å². The van der Waals surface area contributed by atoms with Crippen molar-refractivity contribution in [2.75, 3.05) is 0 Å². The second-order valence-electron chi connectivity index (χ2n) is 5.40. The molecule has 0 radical (unpaired) electrons. The van der Waals surface area contributed by atoms with Crippen molar-refractivity contribution < 1.29 is 5.11 Å². The molecule has 0 aromatic carbocycles. The molecule has 14 heavy (non-hydrogen) atoms. The molecule has 0 saturated heterocycles. The van der Waals surface area contributed by atoms with Gasteiger partial charge in [0.2, 0.25) is 0 Å². The second-order valence-corrected chi connectivity index (χ2v) is 5.40. The van der Waals surface area contributed by atoms with E-state index in [-0.39, 0.29) is 0 Å². The average molecular weight is 199 g/mol. The molecule has 1 fully saturated rings. The van der Waals surface area contributed by atoms with E-state index in [9.17, 15) is 5.11 Å². The lowest BCUT2D eigenvalue weighted by atomic mass is 9.96. The Morgan fingerprint density at radius 2 is 1.71 bits per heavy atom. The summed E-state index contributed by atoms with van der Waals surface area (Å²) >= 11 is 0. The van der Waals surface area contributed by atoms with Crippen molar-refractivity contribution in [3.63, 3.8) is 0 Å². The van der Waals surface area contributed by atoms with Crippen molar-refractivity contribution in [3.8, 4) is 0 Å². The van der Waals surface area contributed by atoms with Crippen LogP contribution in [0.1, 0.15) is 53.9 Å². The van der Waals surface area contributed by atoms with Crippen LogP contribution in [0, 0.1) is 0 Å². The second kappa shape index (κ2) is 4.19. The zero-order chi connectivity index (χ0) is 10.9. The highest BCUT2D eigenvalue weighted by molar-refractivity contribution is 4.97. The van der Waals surface area contributed by atoms with E-state index in [2.05, 4.69) is 32.6 Å². The molecule has 0 aliphatic heterocycles. The molecule has 1 N–H and O–H groups in total. The molecule has 2 heteroatoms. The molecule has 1 rings (SSSR count). The summed E-state index contributed by atoms with van der Waals surface area (Å²) in [6, 6.07) is 1.39. The van der Waals surface area contributed by atoms with E-state index in [0.717, 1.165) is 19.3 Å². The average Bonchev–Trinajstić information content (AvgIpc) is 2.29. The number of nitrogens with zero attached hydrogens (tertiary/aromatic N) is 1. The Hall–Kier alpha value is -0.0800. The number of aliphatic hydroxyl groups is 1. The SMILES string of the molecule is CC(C)N(C(C)C)[C@@H]1CCC[C@@]1(C)O. The zero-order valence-electron chi connectivity index (χ0n) is 10.2. The first-order valence-electron chi connectivity index (χ1n) is 5.86. The van der Waals surface area contributed by atoms with Gasteiger partial charge in [-0.15, -0.1) is 0 Å². The van der Waals surface area contributed by atoms with E-state index in [1.165, 1.54) is 0 Å². The van der Waals surface area contributed by atoms with E-state index in [4.69, 9.17) is 0 Å². The third-order valence-electron chi connectivity index (χ3n) is 3.43. The molecule has 0 unspecified atom stereocenters. The Morgan fingerprint density at radius 1 is 1.21 bits per heavy atom. The van der Waals surface area contributed by atoms with Gasteiger partial charge in [0.15, 0.2) is 0 Å². The first-order valence-corrected chi connectivity index (χ1v) is 5.86. The topological polar surface area (TPSA) is 23.5 Å². The van der Waals surface area contributed by atoms with Crippen LogP contribution in [0.15, 0.2) is 0 Å². The van der Waals surface area contributed by atoms with E-state index in [0.29, 0.717) is 18.1 Å². The van der Waals surface area contributed by atoms with Crippen molar-refractivity contribution >= 4 is 0 Å². The van der Waals surface area contributed by atoms with Gasteiger partial charge in [0.25, 0.3) is 0 Å². The maximum atomic E-state index is 10.3. The number of hydrogen-bond donors (Lipinski definition) is 1. The maximum absolute atomic E-state index is 10.3.